The zero-order chi connectivity index (χ0) is 48.0. The Balaban J connectivity index is 0.706. The van der Waals surface area contributed by atoms with Gasteiger partial charge < -0.3 is 59.8 Å². The van der Waals surface area contributed by atoms with Crippen LogP contribution >= 0.6 is 11.3 Å². The maximum Gasteiger partial charge on any atom is 0.230 e. The van der Waals surface area contributed by atoms with E-state index in [4.69, 9.17) is 23.9 Å². The van der Waals surface area contributed by atoms with Crippen molar-refractivity contribution in [2.45, 2.75) is 84.7 Å². The molecule has 68 heavy (non-hydrogen) atoms. The fourth-order valence-corrected chi connectivity index (χ4v) is 9.34. The van der Waals surface area contributed by atoms with E-state index in [1.807, 2.05) is 42.7 Å². The number of aromatic nitrogens is 4. The van der Waals surface area contributed by atoms with Crippen LogP contribution in [0.25, 0.3) is 5.57 Å². The van der Waals surface area contributed by atoms with Crippen molar-refractivity contribution in [1.82, 2.24) is 24.8 Å². The molecule has 1 aromatic carbocycles. The number of para-hydroxylation sites is 1. The van der Waals surface area contributed by atoms with E-state index < -0.39 is 12.5 Å². The number of rotatable bonds is 24. The molecule has 0 radical (unpaired) electrons. The Morgan fingerprint density at radius 2 is 1.49 bits per heavy atom. The summed E-state index contributed by atoms with van der Waals surface area (Å²) in [6.45, 7) is 12.5. The number of hydrogen-bond donors (Lipinski definition) is 5. The van der Waals surface area contributed by atoms with Crippen LogP contribution in [0.1, 0.15) is 80.3 Å². The lowest BCUT2D eigenvalue weighted by atomic mass is 9.93. The van der Waals surface area contributed by atoms with Crippen LogP contribution < -0.4 is 25.8 Å². The molecule has 2 amide bonds. The highest BCUT2D eigenvalue weighted by molar-refractivity contribution is 7.15. The summed E-state index contributed by atoms with van der Waals surface area (Å²) in [4.78, 5) is 63.4. The van der Waals surface area contributed by atoms with Crippen LogP contribution in [-0.4, -0.2) is 144 Å². The van der Waals surface area contributed by atoms with Crippen molar-refractivity contribution in [2.24, 2.45) is 0 Å². The number of carbonyl (C=O) groups excluding carboxylic acids is 3. The van der Waals surface area contributed by atoms with E-state index in [1.54, 1.807) is 36.7 Å². The number of hydrogen-bond acceptors (Lipinski definition) is 18. The zero-order valence-electron chi connectivity index (χ0n) is 39.4. The van der Waals surface area contributed by atoms with Crippen molar-refractivity contribution in [3.05, 3.63) is 76.1 Å². The Bertz CT molecular complexity index is 2330. The van der Waals surface area contributed by atoms with Gasteiger partial charge in [0.2, 0.25) is 17.8 Å². The number of amides is 2. The quantitative estimate of drug-likeness (QED) is 0.0440. The Labute approximate surface area is 401 Å². The van der Waals surface area contributed by atoms with Crippen molar-refractivity contribution >= 4 is 68.6 Å². The molecule has 1 saturated heterocycles. The lowest BCUT2D eigenvalue weighted by Crippen LogP contribution is -2.49. The summed E-state index contributed by atoms with van der Waals surface area (Å²) >= 11 is 1.46. The van der Waals surface area contributed by atoms with Gasteiger partial charge in [-0.15, -0.1) is 11.3 Å². The SMILES string of the molecule is CC(=O)C1=C(C)c2cnc(Nc3ccc(N4CCN(C(=O)CCOCCOCCOCCOCCC(=O)Nc5ccccc5C(O)Nc5nc(C)c(C)s5)CC4)cn3)nc2N(C2CCCC2)C1O. The summed E-state index contributed by atoms with van der Waals surface area (Å²) in [7, 11) is 0. The van der Waals surface area contributed by atoms with Gasteiger partial charge in [0, 0.05) is 65.7 Å². The Morgan fingerprint density at radius 1 is 0.824 bits per heavy atom. The molecule has 1 saturated carbocycles. The van der Waals surface area contributed by atoms with Crippen molar-refractivity contribution in [3.8, 4) is 0 Å². The number of allylic oxidation sites excluding steroid dienone is 1. The predicted octanol–water partition coefficient (Wildman–Crippen LogP) is 5.37. The first-order chi connectivity index (χ1) is 33.0. The Hall–Kier alpha value is -5.61. The lowest BCUT2D eigenvalue weighted by Gasteiger charge is -2.40. The summed E-state index contributed by atoms with van der Waals surface area (Å²) in [6.07, 6.45) is 5.85. The number of nitrogens with zero attached hydrogens (tertiary/aromatic N) is 7. The van der Waals surface area contributed by atoms with E-state index >= 15 is 0 Å². The molecule has 0 bridgehead atoms. The molecule has 2 aliphatic heterocycles. The van der Waals surface area contributed by atoms with Gasteiger partial charge in [0.15, 0.2) is 23.4 Å². The topological polar surface area (TPSA) is 226 Å². The highest BCUT2D eigenvalue weighted by Gasteiger charge is 2.39. The number of ether oxygens (including phenoxy) is 4. The van der Waals surface area contributed by atoms with Crippen LogP contribution in [0.15, 0.2) is 54.4 Å². The van der Waals surface area contributed by atoms with Gasteiger partial charge in [0.05, 0.1) is 83.3 Å². The highest BCUT2D eigenvalue weighted by Crippen LogP contribution is 2.41. The number of fused-ring (bicyclic) bond motifs is 1. The van der Waals surface area contributed by atoms with Crippen molar-refractivity contribution in [1.29, 1.82) is 0 Å². The number of pyridine rings is 1. The van der Waals surface area contributed by atoms with Crippen LogP contribution in [0.2, 0.25) is 0 Å². The van der Waals surface area contributed by atoms with Gasteiger partial charge in [0.25, 0.3) is 0 Å². The van der Waals surface area contributed by atoms with Gasteiger partial charge in [0.1, 0.15) is 11.6 Å². The summed E-state index contributed by atoms with van der Waals surface area (Å²) in [5.41, 5.74) is 4.74. The summed E-state index contributed by atoms with van der Waals surface area (Å²) in [5, 5.41) is 31.8. The molecule has 366 valence electrons. The molecule has 0 spiro atoms. The smallest absolute Gasteiger partial charge is 0.230 e. The van der Waals surface area contributed by atoms with Crippen LogP contribution in [0.5, 0.6) is 0 Å². The molecule has 2 atom stereocenters. The molecule has 19 nitrogen and oxygen atoms in total. The third-order valence-corrected chi connectivity index (χ3v) is 13.3. The third-order valence-electron chi connectivity index (χ3n) is 12.3. The number of nitrogens with one attached hydrogen (secondary N) is 3. The molecule has 7 rings (SSSR count). The molecular weight excluding hydrogens is 893 g/mol. The number of Topliss-reactive ketones (excluding diaryl/α,β-unsaturated/α-hetero) is 1. The standard InChI is InChI=1S/C48H64N10O9S/c1-31-38-30-50-47(54-44(38)58(35-9-5-6-10-35)46(63)43(31)33(3)59)53-40-14-13-36(29-49-40)56-17-19-57(20-18-56)42(61)16-22-65-24-26-67-28-27-66-25-23-64-21-15-41(60)52-39-12-8-7-11-37(39)45(62)55-48-51-32(2)34(4)68-48/h7-8,11-14,29-30,35,45-46,62-63H,5-6,9-10,15-28H2,1-4H3,(H,51,55)(H,52,60)(H,49,50,53,54). The van der Waals surface area contributed by atoms with E-state index in [2.05, 4.69) is 35.8 Å². The number of carbonyl (C=O) groups is 3. The van der Waals surface area contributed by atoms with Crippen LogP contribution in [0, 0.1) is 13.8 Å². The number of ketones is 1. The van der Waals surface area contributed by atoms with Gasteiger partial charge in [-0.2, -0.15) is 4.98 Å². The average Bonchev–Trinajstić information content (AvgIpc) is 3.97. The third kappa shape index (κ3) is 13.3. The number of anilines is 6. The molecule has 2 fully saturated rings. The van der Waals surface area contributed by atoms with E-state index in [9.17, 15) is 24.6 Å². The molecule has 2 unspecified atom stereocenters. The number of aliphatic hydroxyl groups is 2. The molecule has 5 N–H and O–H groups in total. The second-order valence-electron chi connectivity index (χ2n) is 16.9. The monoisotopic (exact) mass is 956 g/mol. The van der Waals surface area contributed by atoms with E-state index in [-0.39, 0.29) is 36.7 Å². The molecule has 4 aromatic rings. The maximum atomic E-state index is 12.9. The first-order valence-corrected chi connectivity index (χ1v) is 24.2. The largest absolute Gasteiger partial charge is 0.379 e. The summed E-state index contributed by atoms with van der Waals surface area (Å²) < 4.78 is 22.3. The van der Waals surface area contributed by atoms with Crippen LogP contribution in [0.4, 0.5) is 34.1 Å². The number of aryl methyl sites for hydroxylation is 2. The number of benzene rings is 1. The van der Waals surface area contributed by atoms with Gasteiger partial charge in [-0.1, -0.05) is 31.0 Å². The fraction of sp³-hybridized carbons (Fsp3) is 0.521. The minimum absolute atomic E-state index is 0.0537. The highest BCUT2D eigenvalue weighted by atomic mass is 32.1. The lowest BCUT2D eigenvalue weighted by molar-refractivity contribution is -0.132. The van der Waals surface area contributed by atoms with E-state index in [1.165, 1.54) is 18.3 Å². The first kappa shape index (κ1) is 50.3. The fourth-order valence-electron chi connectivity index (χ4n) is 8.50. The zero-order valence-corrected chi connectivity index (χ0v) is 40.2. The molecule has 3 aromatic heterocycles. The van der Waals surface area contributed by atoms with Crippen molar-refractivity contribution < 1.29 is 43.5 Å². The average molecular weight is 957 g/mol. The number of thiazole rings is 1. The predicted molar refractivity (Wildman–Crippen MR) is 260 cm³/mol. The van der Waals surface area contributed by atoms with Gasteiger partial charge >= 0.3 is 0 Å². The van der Waals surface area contributed by atoms with Crippen LogP contribution in [-0.2, 0) is 33.3 Å². The summed E-state index contributed by atoms with van der Waals surface area (Å²) in [6, 6.07) is 11.0. The first-order valence-electron chi connectivity index (χ1n) is 23.4. The molecule has 1 aliphatic carbocycles. The van der Waals surface area contributed by atoms with Crippen molar-refractivity contribution in [2.75, 3.05) is 105 Å². The Morgan fingerprint density at radius 3 is 2.12 bits per heavy atom. The minimum atomic E-state index is -1.05. The van der Waals surface area contributed by atoms with Crippen molar-refractivity contribution in [3.63, 3.8) is 0 Å². The van der Waals surface area contributed by atoms with Gasteiger partial charge in [-0.3, -0.25) is 14.4 Å². The minimum Gasteiger partial charge on any atom is -0.379 e. The van der Waals surface area contributed by atoms with Gasteiger partial charge in [-0.05, 0) is 64.3 Å². The molecular formula is C48H64N10O9S. The van der Waals surface area contributed by atoms with E-state index in [0.717, 1.165) is 47.5 Å². The van der Waals surface area contributed by atoms with Crippen LogP contribution in [0.3, 0.4) is 0 Å². The second kappa shape index (κ2) is 24.6. The molecule has 20 heteroatoms. The molecule has 3 aliphatic rings. The molecule has 5 heterocycles. The number of piperazine rings is 1. The summed E-state index contributed by atoms with van der Waals surface area (Å²) in [5.74, 6) is 1.21. The van der Waals surface area contributed by atoms with E-state index in [0.29, 0.717) is 124 Å². The normalized spacial score (nSPS) is 16.8. The maximum absolute atomic E-state index is 12.9. The van der Waals surface area contributed by atoms with Gasteiger partial charge in [-0.25, -0.2) is 15.0 Å². The second-order valence-corrected chi connectivity index (χ2v) is 18.1. The number of aliphatic hydroxyl groups excluding tert-OH is 2. The Kier molecular flexibility index (Phi) is 18.2.